The number of ketones is 2. The van der Waals surface area contributed by atoms with Crippen LogP contribution in [0, 0.1) is 0 Å². The lowest BCUT2D eigenvalue weighted by Crippen LogP contribution is -2.29. The maximum Gasteiger partial charge on any atom is 0.311 e. The van der Waals surface area contributed by atoms with E-state index in [0.717, 1.165) is 56.9 Å². The highest BCUT2D eigenvalue weighted by atomic mass is 16.5. The molecule has 6 heteroatoms. The first-order valence-corrected chi connectivity index (χ1v) is 15.6. The fraction of sp³-hybridized carbons (Fsp3) is 0.444. The number of carbonyl (C=O) groups is 4. The van der Waals surface area contributed by atoms with E-state index in [9.17, 15) is 19.2 Å². The minimum absolute atomic E-state index is 0.00969. The topological polar surface area (TPSA) is 86.7 Å². The van der Waals surface area contributed by atoms with Crippen LogP contribution >= 0.6 is 0 Å². The molecule has 0 amide bonds. The number of benzene rings is 2. The van der Waals surface area contributed by atoms with Crippen molar-refractivity contribution < 1.29 is 28.7 Å². The van der Waals surface area contributed by atoms with Gasteiger partial charge in [-0.15, -0.1) is 0 Å². The number of allylic oxidation sites excluding steroid dienone is 2. The van der Waals surface area contributed by atoms with Gasteiger partial charge in [-0.3, -0.25) is 19.2 Å². The second-order valence-corrected chi connectivity index (χ2v) is 11.1. The van der Waals surface area contributed by atoms with Gasteiger partial charge in [0.25, 0.3) is 0 Å². The van der Waals surface area contributed by atoms with E-state index < -0.39 is 23.5 Å². The van der Waals surface area contributed by atoms with Gasteiger partial charge in [0.2, 0.25) is 0 Å². The van der Waals surface area contributed by atoms with Crippen LogP contribution in [-0.2, 0) is 25.5 Å². The molecule has 0 saturated carbocycles. The molecule has 2 aromatic rings. The number of unbranched alkanes of at least 4 members (excludes halogenated alkanes) is 8. The Balaban J connectivity index is 1.78. The zero-order valence-electron chi connectivity index (χ0n) is 25.2. The van der Waals surface area contributed by atoms with Gasteiger partial charge in [0.15, 0.2) is 23.1 Å². The molecule has 4 rings (SSSR count). The highest BCUT2D eigenvalue weighted by Crippen LogP contribution is 2.45. The molecule has 0 fully saturated rings. The van der Waals surface area contributed by atoms with Crippen LogP contribution in [0.4, 0.5) is 0 Å². The van der Waals surface area contributed by atoms with E-state index in [1.165, 1.54) is 0 Å². The smallest absolute Gasteiger partial charge is 0.311 e. The third-order valence-electron chi connectivity index (χ3n) is 7.96. The average molecular weight is 571 g/mol. The Morgan fingerprint density at radius 1 is 0.571 bits per heavy atom. The van der Waals surface area contributed by atoms with Crippen molar-refractivity contribution in [2.24, 2.45) is 0 Å². The molecule has 0 bridgehead atoms. The summed E-state index contributed by atoms with van der Waals surface area (Å²) in [5, 5.41) is 0. The molecule has 2 aliphatic rings. The molecule has 0 radical (unpaired) electrons. The summed E-state index contributed by atoms with van der Waals surface area (Å²) in [7, 11) is 0. The molecule has 0 atom stereocenters. The van der Waals surface area contributed by atoms with Gasteiger partial charge < -0.3 is 9.47 Å². The molecule has 42 heavy (non-hydrogen) atoms. The molecule has 0 spiro atoms. The highest BCUT2D eigenvalue weighted by Gasteiger charge is 2.43. The second-order valence-electron chi connectivity index (χ2n) is 11.1. The monoisotopic (exact) mass is 570 g/mol. The van der Waals surface area contributed by atoms with E-state index in [1.807, 2.05) is 19.1 Å². The summed E-state index contributed by atoms with van der Waals surface area (Å²) in [6.07, 6.45) is 10.9. The first-order chi connectivity index (χ1) is 20.4. The molecule has 222 valence electrons. The Bertz CT molecular complexity index is 1410. The van der Waals surface area contributed by atoms with Gasteiger partial charge in [-0.2, -0.15) is 0 Å². The van der Waals surface area contributed by atoms with Gasteiger partial charge in [0.05, 0.1) is 11.1 Å². The van der Waals surface area contributed by atoms with E-state index in [1.54, 1.807) is 30.3 Å². The number of aryl methyl sites for hydroxylation is 1. The molecule has 0 saturated heterocycles. The second kappa shape index (κ2) is 14.9. The first kappa shape index (κ1) is 31.1. The molecule has 2 aliphatic carbocycles. The largest absolute Gasteiger partial charge is 0.425 e. The van der Waals surface area contributed by atoms with E-state index >= 15 is 0 Å². The van der Waals surface area contributed by atoms with Crippen LogP contribution in [0.3, 0.4) is 0 Å². The van der Waals surface area contributed by atoms with Crippen LogP contribution in [0.5, 0.6) is 0 Å². The lowest BCUT2D eigenvalue weighted by molar-refractivity contribution is -0.137. The lowest BCUT2D eigenvalue weighted by Gasteiger charge is -2.29. The Hall–Kier alpha value is -3.80. The third-order valence-corrected chi connectivity index (χ3v) is 7.96. The molecule has 0 aromatic heterocycles. The number of carbonyl (C=O) groups excluding carboxylic acids is 4. The maximum atomic E-state index is 14.1. The van der Waals surface area contributed by atoms with Crippen molar-refractivity contribution in [2.45, 2.75) is 104 Å². The number of hydrogen-bond donors (Lipinski definition) is 0. The minimum Gasteiger partial charge on any atom is -0.425 e. The van der Waals surface area contributed by atoms with E-state index in [2.05, 4.69) is 13.8 Å². The van der Waals surface area contributed by atoms with Crippen LogP contribution in [0.2, 0.25) is 0 Å². The third kappa shape index (κ3) is 6.97. The van der Waals surface area contributed by atoms with Gasteiger partial charge in [0, 0.05) is 35.1 Å². The fourth-order valence-corrected chi connectivity index (χ4v) is 5.56. The van der Waals surface area contributed by atoms with Crippen molar-refractivity contribution in [3.8, 4) is 0 Å². The molecule has 6 nitrogen and oxygen atoms in total. The SMILES string of the molecule is CCCCCCCC(=O)OC1=C2C(=O)c3ccc(CC)cc3C(OC(=O)CCCCCCC)=C2C(=O)c2ccccc21. The maximum absolute atomic E-state index is 14.1. The molecule has 0 unspecified atom stereocenters. The summed E-state index contributed by atoms with van der Waals surface area (Å²) >= 11 is 0. The standard InChI is InChI=1S/C36H42O6/c1-4-7-9-11-13-19-29(37)41-35-27-18-16-15-17-25(27)33(39)32-31(35)34(40)26-22-21-24(6-3)23-28(26)36(32)42-30(38)20-14-12-10-8-5-2/h15-18,21-23H,4-14,19-20H2,1-3H3. The first-order valence-electron chi connectivity index (χ1n) is 15.6. The molecule has 0 heterocycles. The number of hydrogen-bond acceptors (Lipinski definition) is 6. The molecule has 0 N–H and O–H groups in total. The Morgan fingerprint density at radius 2 is 1.05 bits per heavy atom. The van der Waals surface area contributed by atoms with Gasteiger partial charge in [0.1, 0.15) is 0 Å². The number of fused-ring (bicyclic) bond motifs is 3. The Morgan fingerprint density at radius 3 is 1.57 bits per heavy atom. The summed E-state index contributed by atoms with van der Waals surface area (Å²) in [4.78, 5) is 54.2. The summed E-state index contributed by atoms with van der Waals surface area (Å²) in [6, 6.07) is 12.2. The summed E-state index contributed by atoms with van der Waals surface area (Å²) in [5.74, 6) is -1.62. The Kier molecular flexibility index (Phi) is 11.0. The van der Waals surface area contributed by atoms with Crippen LogP contribution in [0.25, 0.3) is 11.5 Å². The van der Waals surface area contributed by atoms with Crippen LogP contribution in [0.1, 0.15) is 135 Å². The summed E-state index contributed by atoms with van der Waals surface area (Å²) in [5.41, 5.74) is 2.36. The van der Waals surface area contributed by atoms with Gasteiger partial charge in [-0.05, 0) is 30.9 Å². The van der Waals surface area contributed by atoms with Crippen molar-refractivity contribution in [1.29, 1.82) is 0 Å². The number of Topliss-reactive ketones (excluding diaryl/α,β-unsaturated/α-hetero) is 2. The zero-order chi connectivity index (χ0) is 30.1. The normalized spacial score (nSPS) is 14.0. The predicted octanol–water partition coefficient (Wildman–Crippen LogP) is 8.57. The van der Waals surface area contributed by atoms with Gasteiger partial charge >= 0.3 is 11.9 Å². The quantitative estimate of drug-likeness (QED) is 0.157. The highest BCUT2D eigenvalue weighted by molar-refractivity contribution is 6.34. The van der Waals surface area contributed by atoms with E-state index in [0.29, 0.717) is 41.5 Å². The predicted molar refractivity (Wildman–Crippen MR) is 164 cm³/mol. The van der Waals surface area contributed by atoms with Crippen molar-refractivity contribution in [2.75, 3.05) is 0 Å². The van der Waals surface area contributed by atoms with Crippen molar-refractivity contribution in [3.63, 3.8) is 0 Å². The Labute approximate surface area is 249 Å². The molecule has 2 aromatic carbocycles. The van der Waals surface area contributed by atoms with Crippen LogP contribution < -0.4 is 0 Å². The van der Waals surface area contributed by atoms with E-state index in [-0.39, 0.29) is 35.5 Å². The minimum atomic E-state index is -0.456. The average Bonchev–Trinajstić information content (AvgIpc) is 3.00. The molecular formula is C36H42O6. The van der Waals surface area contributed by atoms with Crippen molar-refractivity contribution >= 4 is 35.0 Å². The summed E-state index contributed by atoms with van der Waals surface area (Å²) < 4.78 is 11.9. The van der Waals surface area contributed by atoms with Crippen molar-refractivity contribution in [1.82, 2.24) is 0 Å². The van der Waals surface area contributed by atoms with Crippen molar-refractivity contribution in [3.05, 3.63) is 81.4 Å². The number of ether oxygens (including phenoxy) is 2. The fourth-order valence-electron chi connectivity index (χ4n) is 5.56. The molecular weight excluding hydrogens is 528 g/mol. The van der Waals surface area contributed by atoms with E-state index in [4.69, 9.17) is 9.47 Å². The number of esters is 2. The summed E-state index contributed by atoms with van der Waals surface area (Å²) in [6.45, 7) is 6.27. The van der Waals surface area contributed by atoms with Crippen LogP contribution in [0.15, 0.2) is 53.6 Å². The molecule has 0 aliphatic heterocycles. The van der Waals surface area contributed by atoms with Gasteiger partial charge in [-0.1, -0.05) is 109 Å². The van der Waals surface area contributed by atoms with Crippen LogP contribution in [-0.4, -0.2) is 23.5 Å². The number of rotatable bonds is 15. The lowest BCUT2D eigenvalue weighted by atomic mass is 9.76. The van der Waals surface area contributed by atoms with Gasteiger partial charge in [-0.25, -0.2) is 0 Å². The zero-order valence-corrected chi connectivity index (χ0v) is 25.2.